The number of methoxy groups -OCH3 is 2. The van der Waals surface area contributed by atoms with E-state index in [4.69, 9.17) is 9.47 Å². The van der Waals surface area contributed by atoms with Gasteiger partial charge in [-0.15, -0.1) is 0 Å². The van der Waals surface area contributed by atoms with E-state index in [1.165, 1.54) is 26.4 Å². The SMILES string of the molecule is COc1cccc(OC)c1C(=O)N1CCC(c2ccc(NC(=O)c3cccc(F)c3[N+](=O)[O-])cc2)CC1. The van der Waals surface area contributed by atoms with Crippen molar-refractivity contribution in [3.8, 4) is 11.5 Å². The van der Waals surface area contributed by atoms with E-state index in [2.05, 4.69) is 5.32 Å². The van der Waals surface area contributed by atoms with Gasteiger partial charge in [0, 0.05) is 18.8 Å². The average Bonchev–Trinajstić information content (AvgIpc) is 2.92. The first-order valence-electron chi connectivity index (χ1n) is 11.7. The fraction of sp³-hybridized carbons (Fsp3) is 0.259. The second kappa shape index (κ2) is 11.1. The number of nitro benzene ring substituents is 1. The zero-order valence-electron chi connectivity index (χ0n) is 20.4. The summed E-state index contributed by atoms with van der Waals surface area (Å²) in [7, 11) is 3.03. The Labute approximate surface area is 213 Å². The first-order chi connectivity index (χ1) is 17.8. The van der Waals surface area contributed by atoms with Crippen LogP contribution in [0.5, 0.6) is 11.5 Å². The van der Waals surface area contributed by atoms with Crippen LogP contribution in [-0.2, 0) is 0 Å². The first kappa shape index (κ1) is 25.6. The Morgan fingerprint density at radius 2 is 1.57 bits per heavy atom. The summed E-state index contributed by atoms with van der Waals surface area (Å²) < 4.78 is 24.6. The van der Waals surface area contributed by atoms with Crippen molar-refractivity contribution in [2.24, 2.45) is 0 Å². The number of piperidine rings is 1. The molecule has 1 aliphatic rings. The van der Waals surface area contributed by atoms with Crippen LogP contribution in [-0.4, -0.2) is 48.9 Å². The molecule has 9 nitrogen and oxygen atoms in total. The van der Waals surface area contributed by atoms with Crippen LogP contribution in [0.2, 0.25) is 0 Å². The quantitative estimate of drug-likeness (QED) is 0.355. The lowest BCUT2D eigenvalue weighted by atomic mass is 9.89. The number of hydrogen-bond acceptors (Lipinski definition) is 6. The highest BCUT2D eigenvalue weighted by molar-refractivity contribution is 6.07. The Bertz CT molecular complexity index is 1300. The summed E-state index contributed by atoms with van der Waals surface area (Å²) in [6, 6.07) is 15.8. The topological polar surface area (TPSA) is 111 Å². The zero-order chi connectivity index (χ0) is 26.5. The van der Waals surface area contributed by atoms with Gasteiger partial charge in [0.1, 0.15) is 22.6 Å². The number of hydrogen-bond donors (Lipinski definition) is 1. The molecule has 1 fully saturated rings. The van der Waals surface area contributed by atoms with Crippen LogP contribution in [0.3, 0.4) is 0 Å². The summed E-state index contributed by atoms with van der Waals surface area (Å²) in [4.78, 5) is 37.8. The van der Waals surface area contributed by atoms with E-state index in [9.17, 15) is 24.1 Å². The number of nitrogens with one attached hydrogen (secondary N) is 1. The number of nitro groups is 1. The number of halogens is 1. The maximum Gasteiger partial charge on any atom is 0.317 e. The Morgan fingerprint density at radius 3 is 2.14 bits per heavy atom. The lowest BCUT2D eigenvalue weighted by Crippen LogP contribution is -2.38. The van der Waals surface area contributed by atoms with Crippen LogP contribution in [0.4, 0.5) is 15.8 Å². The van der Waals surface area contributed by atoms with Crippen molar-refractivity contribution in [1.29, 1.82) is 0 Å². The van der Waals surface area contributed by atoms with Crippen LogP contribution in [0.1, 0.15) is 45.0 Å². The number of ether oxygens (including phenoxy) is 2. The molecule has 0 aromatic heterocycles. The van der Waals surface area contributed by atoms with Gasteiger partial charge in [0.05, 0.1) is 19.1 Å². The minimum atomic E-state index is -1.07. The highest BCUT2D eigenvalue weighted by Crippen LogP contribution is 2.33. The predicted octanol–water partition coefficient (Wildman–Crippen LogP) is 5.02. The summed E-state index contributed by atoms with van der Waals surface area (Å²) in [6.45, 7) is 1.12. The van der Waals surface area contributed by atoms with Crippen molar-refractivity contribution >= 4 is 23.2 Å². The van der Waals surface area contributed by atoms with Gasteiger partial charge in [-0.05, 0) is 60.7 Å². The lowest BCUT2D eigenvalue weighted by molar-refractivity contribution is -0.387. The number of amides is 2. The molecule has 3 aromatic carbocycles. The number of likely N-dealkylation sites (tertiary alicyclic amines) is 1. The molecule has 0 aliphatic carbocycles. The molecular weight excluding hydrogens is 481 g/mol. The highest BCUT2D eigenvalue weighted by atomic mass is 19.1. The van der Waals surface area contributed by atoms with E-state index >= 15 is 0 Å². The molecule has 0 atom stereocenters. The summed E-state index contributed by atoms with van der Waals surface area (Å²) >= 11 is 0. The van der Waals surface area contributed by atoms with Gasteiger partial charge in [-0.25, -0.2) is 0 Å². The maximum absolute atomic E-state index is 13.8. The van der Waals surface area contributed by atoms with E-state index in [1.807, 2.05) is 12.1 Å². The van der Waals surface area contributed by atoms with E-state index in [0.717, 1.165) is 24.5 Å². The molecule has 1 aliphatic heterocycles. The molecule has 2 amide bonds. The third kappa shape index (κ3) is 5.37. The third-order valence-electron chi connectivity index (χ3n) is 6.48. The molecule has 1 N–H and O–H groups in total. The van der Waals surface area contributed by atoms with Crippen molar-refractivity contribution in [2.75, 3.05) is 32.6 Å². The van der Waals surface area contributed by atoms with Gasteiger partial charge in [0.2, 0.25) is 5.82 Å². The normalized spacial score (nSPS) is 13.6. The molecular formula is C27H26FN3O6. The molecule has 4 rings (SSSR count). The molecule has 0 spiro atoms. The van der Waals surface area contributed by atoms with Gasteiger partial charge in [-0.2, -0.15) is 4.39 Å². The Kier molecular flexibility index (Phi) is 7.66. The standard InChI is InChI=1S/C27H26FN3O6/c1-36-22-7-4-8-23(37-2)24(22)27(33)30-15-13-18(14-16-30)17-9-11-19(12-10-17)29-26(32)20-5-3-6-21(28)25(20)31(34)35/h3-12,18H,13-16H2,1-2H3,(H,29,32). The Hall–Kier alpha value is -4.47. The second-order valence-electron chi connectivity index (χ2n) is 8.57. The number of para-hydroxylation sites is 1. The van der Waals surface area contributed by atoms with Crippen LogP contribution >= 0.6 is 0 Å². The summed E-state index contributed by atoms with van der Waals surface area (Å²) in [5.41, 5.74) is 0.686. The van der Waals surface area contributed by atoms with E-state index < -0.39 is 22.3 Å². The van der Waals surface area contributed by atoms with Crippen LogP contribution < -0.4 is 14.8 Å². The minimum Gasteiger partial charge on any atom is -0.496 e. The van der Waals surface area contributed by atoms with Gasteiger partial charge in [-0.1, -0.05) is 24.3 Å². The van der Waals surface area contributed by atoms with E-state index in [1.54, 1.807) is 35.2 Å². The third-order valence-corrected chi connectivity index (χ3v) is 6.48. The molecule has 0 unspecified atom stereocenters. The monoisotopic (exact) mass is 507 g/mol. The molecule has 10 heteroatoms. The van der Waals surface area contributed by atoms with Crippen molar-refractivity contribution in [2.45, 2.75) is 18.8 Å². The fourth-order valence-electron chi connectivity index (χ4n) is 4.56. The number of anilines is 1. The van der Waals surface area contributed by atoms with Gasteiger partial charge in [-0.3, -0.25) is 19.7 Å². The summed E-state index contributed by atoms with van der Waals surface area (Å²) in [5.74, 6) is -0.824. The van der Waals surface area contributed by atoms with Crippen molar-refractivity contribution in [3.63, 3.8) is 0 Å². The average molecular weight is 508 g/mol. The van der Waals surface area contributed by atoms with Crippen LogP contribution in [0.15, 0.2) is 60.7 Å². The van der Waals surface area contributed by atoms with Crippen molar-refractivity contribution in [3.05, 3.63) is 93.3 Å². The number of rotatable bonds is 7. The number of carbonyl (C=O) groups excluding carboxylic acids is 2. The largest absolute Gasteiger partial charge is 0.496 e. The van der Waals surface area contributed by atoms with Gasteiger partial charge in [0.25, 0.3) is 11.8 Å². The highest BCUT2D eigenvalue weighted by Gasteiger charge is 2.29. The van der Waals surface area contributed by atoms with Crippen LogP contribution in [0.25, 0.3) is 0 Å². The van der Waals surface area contributed by atoms with E-state index in [-0.39, 0.29) is 17.4 Å². The number of nitrogens with zero attached hydrogens (tertiary/aromatic N) is 2. The smallest absolute Gasteiger partial charge is 0.317 e. The zero-order valence-corrected chi connectivity index (χ0v) is 20.4. The number of benzene rings is 3. The second-order valence-corrected chi connectivity index (χ2v) is 8.57. The van der Waals surface area contributed by atoms with Crippen molar-refractivity contribution in [1.82, 2.24) is 4.90 Å². The Balaban J connectivity index is 1.40. The predicted molar refractivity (Wildman–Crippen MR) is 135 cm³/mol. The molecule has 1 heterocycles. The molecule has 0 bridgehead atoms. The minimum absolute atomic E-state index is 0.141. The summed E-state index contributed by atoms with van der Waals surface area (Å²) in [6.07, 6.45) is 1.51. The van der Waals surface area contributed by atoms with Gasteiger partial charge < -0.3 is 19.7 Å². The fourth-order valence-corrected chi connectivity index (χ4v) is 4.56. The van der Waals surface area contributed by atoms with Crippen molar-refractivity contribution < 1.29 is 28.4 Å². The molecule has 0 radical (unpaired) electrons. The van der Waals surface area contributed by atoms with Gasteiger partial charge in [0.15, 0.2) is 0 Å². The van der Waals surface area contributed by atoms with Crippen LogP contribution in [0, 0.1) is 15.9 Å². The lowest BCUT2D eigenvalue weighted by Gasteiger charge is -2.33. The Morgan fingerprint density at radius 1 is 0.973 bits per heavy atom. The maximum atomic E-state index is 13.8. The first-order valence-corrected chi connectivity index (χ1v) is 11.7. The molecule has 1 saturated heterocycles. The van der Waals surface area contributed by atoms with E-state index in [0.29, 0.717) is 35.8 Å². The molecule has 3 aromatic rings. The molecule has 0 saturated carbocycles. The molecule has 37 heavy (non-hydrogen) atoms. The molecule has 192 valence electrons. The number of carbonyl (C=O) groups is 2. The summed E-state index contributed by atoms with van der Waals surface area (Å²) in [5, 5.41) is 13.8. The van der Waals surface area contributed by atoms with Gasteiger partial charge >= 0.3 is 5.69 Å².